The fraction of sp³-hybridized carbons (Fsp3) is 0.667. The van der Waals surface area contributed by atoms with Crippen molar-refractivity contribution in [1.29, 1.82) is 0 Å². The van der Waals surface area contributed by atoms with Crippen LogP contribution in [-0.2, 0) is 6.42 Å². The highest BCUT2D eigenvalue weighted by Crippen LogP contribution is 2.39. The normalized spacial score (nSPS) is 15.9. The standard InChI is InChI=1S/C12H19N3/c1-8(2)3-6-12-14-10(9-4-5-9)7-11(13)15-12/h7-9H,3-6H2,1-2H3,(H2,13,14,15). The maximum Gasteiger partial charge on any atom is 0.131 e. The van der Waals surface area contributed by atoms with Gasteiger partial charge in [-0.1, -0.05) is 13.8 Å². The Hall–Kier alpha value is -1.12. The number of nitrogen functional groups attached to an aromatic ring is 1. The van der Waals surface area contributed by atoms with Gasteiger partial charge in [-0.15, -0.1) is 0 Å². The summed E-state index contributed by atoms with van der Waals surface area (Å²) in [7, 11) is 0. The van der Waals surface area contributed by atoms with Crippen LogP contribution in [0.4, 0.5) is 5.82 Å². The Morgan fingerprint density at radius 2 is 2.13 bits per heavy atom. The van der Waals surface area contributed by atoms with Gasteiger partial charge in [-0.05, 0) is 25.2 Å². The zero-order valence-corrected chi connectivity index (χ0v) is 9.53. The van der Waals surface area contributed by atoms with Crippen LogP contribution in [0.1, 0.15) is 50.5 Å². The number of anilines is 1. The molecule has 0 amide bonds. The smallest absolute Gasteiger partial charge is 0.131 e. The highest BCUT2D eigenvalue weighted by atomic mass is 14.9. The van der Waals surface area contributed by atoms with Gasteiger partial charge in [0.1, 0.15) is 11.6 Å². The average Bonchev–Trinajstić information content (AvgIpc) is 2.97. The van der Waals surface area contributed by atoms with E-state index in [1.165, 1.54) is 12.8 Å². The molecule has 1 aromatic rings. The summed E-state index contributed by atoms with van der Waals surface area (Å²) in [6.07, 6.45) is 4.61. The van der Waals surface area contributed by atoms with Gasteiger partial charge in [0.2, 0.25) is 0 Å². The molecule has 1 aliphatic carbocycles. The van der Waals surface area contributed by atoms with Crippen molar-refractivity contribution in [2.24, 2.45) is 5.92 Å². The van der Waals surface area contributed by atoms with Gasteiger partial charge in [0.15, 0.2) is 0 Å². The largest absolute Gasteiger partial charge is 0.384 e. The van der Waals surface area contributed by atoms with Crippen molar-refractivity contribution in [3.8, 4) is 0 Å². The molecular weight excluding hydrogens is 186 g/mol. The lowest BCUT2D eigenvalue weighted by molar-refractivity contribution is 0.573. The summed E-state index contributed by atoms with van der Waals surface area (Å²) in [6, 6.07) is 1.93. The quantitative estimate of drug-likeness (QED) is 0.821. The molecule has 2 rings (SSSR count). The molecule has 1 saturated carbocycles. The van der Waals surface area contributed by atoms with E-state index < -0.39 is 0 Å². The zero-order chi connectivity index (χ0) is 10.8. The highest BCUT2D eigenvalue weighted by Gasteiger charge is 2.25. The number of nitrogens with zero attached hydrogens (tertiary/aromatic N) is 2. The Morgan fingerprint density at radius 3 is 2.73 bits per heavy atom. The number of hydrogen-bond acceptors (Lipinski definition) is 3. The van der Waals surface area contributed by atoms with Gasteiger partial charge in [0, 0.05) is 24.1 Å². The van der Waals surface area contributed by atoms with E-state index in [1.54, 1.807) is 0 Å². The van der Waals surface area contributed by atoms with Crippen LogP contribution in [0.2, 0.25) is 0 Å². The van der Waals surface area contributed by atoms with Crippen LogP contribution >= 0.6 is 0 Å². The van der Waals surface area contributed by atoms with Crippen LogP contribution in [0.15, 0.2) is 6.07 Å². The molecule has 0 unspecified atom stereocenters. The van der Waals surface area contributed by atoms with Gasteiger partial charge in [-0.25, -0.2) is 9.97 Å². The van der Waals surface area contributed by atoms with Crippen molar-refractivity contribution in [3.05, 3.63) is 17.6 Å². The summed E-state index contributed by atoms with van der Waals surface area (Å²) < 4.78 is 0. The van der Waals surface area contributed by atoms with Gasteiger partial charge < -0.3 is 5.73 Å². The maximum atomic E-state index is 5.78. The minimum absolute atomic E-state index is 0.630. The number of rotatable bonds is 4. The third-order valence-corrected chi connectivity index (χ3v) is 2.75. The van der Waals surface area contributed by atoms with Crippen LogP contribution in [0.3, 0.4) is 0 Å². The SMILES string of the molecule is CC(C)CCc1nc(N)cc(C2CC2)n1. The third-order valence-electron chi connectivity index (χ3n) is 2.75. The van der Waals surface area contributed by atoms with E-state index in [4.69, 9.17) is 5.73 Å². The predicted molar refractivity (Wildman–Crippen MR) is 61.6 cm³/mol. The van der Waals surface area contributed by atoms with Crippen LogP contribution in [0, 0.1) is 5.92 Å². The van der Waals surface area contributed by atoms with Gasteiger partial charge in [-0.3, -0.25) is 0 Å². The molecule has 0 spiro atoms. The summed E-state index contributed by atoms with van der Waals surface area (Å²) >= 11 is 0. The Morgan fingerprint density at radius 1 is 1.40 bits per heavy atom. The number of aryl methyl sites for hydroxylation is 1. The first-order valence-electron chi connectivity index (χ1n) is 5.78. The van der Waals surface area contributed by atoms with Crippen LogP contribution in [0.5, 0.6) is 0 Å². The van der Waals surface area contributed by atoms with Crippen molar-refractivity contribution in [2.45, 2.75) is 45.4 Å². The van der Waals surface area contributed by atoms with Gasteiger partial charge >= 0.3 is 0 Å². The molecule has 82 valence electrons. The van der Waals surface area contributed by atoms with E-state index >= 15 is 0 Å². The second kappa shape index (κ2) is 4.17. The van der Waals surface area contributed by atoms with E-state index in [1.807, 2.05) is 6.07 Å². The Labute approximate surface area is 91.1 Å². The van der Waals surface area contributed by atoms with E-state index in [9.17, 15) is 0 Å². The molecule has 1 aromatic heterocycles. The van der Waals surface area contributed by atoms with E-state index in [0.717, 1.165) is 24.4 Å². The lowest BCUT2D eigenvalue weighted by Crippen LogP contribution is -2.04. The molecular formula is C12H19N3. The van der Waals surface area contributed by atoms with Gasteiger partial charge in [0.05, 0.1) is 0 Å². The Kier molecular flexibility index (Phi) is 2.89. The molecule has 0 aliphatic heterocycles. The first-order valence-corrected chi connectivity index (χ1v) is 5.78. The molecule has 3 heteroatoms. The molecule has 1 fully saturated rings. The molecule has 1 aliphatic rings. The monoisotopic (exact) mass is 205 g/mol. The minimum atomic E-state index is 0.630. The summed E-state index contributed by atoms with van der Waals surface area (Å²) in [5, 5.41) is 0. The maximum absolute atomic E-state index is 5.78. The summed E-state index contributed by atoms with van der Waals surface area (Å²) in [4.78, 5) is 8.86. The average molecular weight is 205 g/mol. The van der Waals surface area contributed by atoms with Crippen molar-refractivity contribution in [2.75, 3.05) is 5.73 Å². The lowest BCUT2D eigenvalue weighted by Gasteiger charge is -2.06. The number of aromatic nitrogens is 2. The second-order valence-electron chi connectivity index (χ2n) is 4.84. The van der Waals surface area contributed by atoms with E-state index in [2.05, 4.69) is 23.8 Å². The number of hydrogen-bond donors (Lipinski definition) is 1. The predicted octanol–water partition coefficient (Wildman–Crippen LogP) is 2.52. The molecule has 0 radical (unpaired) electrons. The molecule has 1 heterocycles. The summed E-state index contributed by atoms with van der Waals surface area (Å²) in [5.74, 6) is 2.91. The molecule has 15 heavy (non-hydrogen) atoms. The third kappa shape index (κ3) is 2.91. The second-order valence-corrected chi connectivity index (χ2v) is 4.84. The molecule has 0 aromatic carbocycles. The van der Waals surface area contributed by atoms with Gasteiger partial charge in [-0.2, -0.15) is 0 Å². The lowest BCUT2D eigenvalue weighted by atomic mass is 10.1. The van der Waals surface area contributed by atoms with Crippen LogP contribution in [-0.4, -0.2) is 9.97 Å². The summed E-state index contributed by atoms with van der Waals surface area (Å²) in [5.41, 5.74) is 6.93. The van der Waals surface area contributed by atoms with E-state index in [-0.39, 0.29) is 0 Å². The minimum Gasteiger partial charge on any atom is -0.384 e. The van der Waals surface area contributed by atoms with Crippen molar-refractivity contribution in [3.63, 3.8) is 0 Å². The fourth-order valence-electron chi connectivity index (χ4n) is 1.66. The van der Waals surface area contributed by atoms with Crippen molar-refractivity contribution < 1.29 is 0 Å². The summed E-state index contributed by atoms with van der Waals surface area (Å²) in [6.45, 7) is 4.43. The van der Waals surface area contributed by atoms with Crippen molar-refractivity contribution in [1.82, 2.24) is 9.97 Å². The first kappa shape index (κ1) is 10.4. The first-order chi connectivity index (χ1) is 7.15. The topological polar surface area (TPSA) is 51.8 Å². The van der Waals surface area contributed by atoms with Crippen LogP contribution in [0.25, 0.3) is 0 Å². The molecule has 2 N–H and O–H groups in total. The van der Waals surface area contributed by atoms with E-state index in [0.29, 0.717) is 17.7 Å². The van der Waals surface area contributed by atoms with Crippen molar-refractivity contribution >= 4 is 5.82 Å². The van der Waals surface area contributed by atoms with Gasteiger partial charge in [0.25, 0.3) is 0 Å². The Bertz CT molecular complexity index is 343. The Balaban J connectivity index is 2.09. The number of nitrogens with two attached hydrogens (primary N) is 1. The highest BCUT2D eigenvalue weighted by molar-refractivity contribution is 5.32. The molecule has 3 nitrogen and oxygen atoms in total. The molecule has 0 saturated heterocycles. The molecule has 0 atom stereocenters. The zero-order valence-electron chi connectivity index (χ0n) is 9.53. The van der Waals surface area contributed by atoms with Crippen LogP contribution < -0.4 is 5.73 Å². The fourth-order valence-corrected chi connectivity index (χ4v) is 1.66. The molecule has 0 bridgehead atoms.